The molecule has 0 bridgehead atoms. The van der Waals surface area contributed by atoms with Gasteiger partial charge in [-0.3, -0.25) is 4.79 Å². The van der Waals surface area contributed by atoms with Crippen LogP contribution in [0.5, 0.6) is 23.0 Å². The molecule has 0 unspecified atom stereocenters. The van der Waals surface area contributed by atoms with E-state index >= 15 is 0 Å². The number of hydrogen-bond donors (Lipinski definition) is 2. The quantitative estimate of drug-likeness (QED) is 0.671. The highest BCUT2D eigenvalue weighted by Crippen LogP contribution is 2.36. The van der Waals surface area contributed by atoms with Gasteiger partial charge in [0.1, 0.15) is 0 Å². The first-order valence-corrected chi connectivity index (χ1v) is 6.69. The van der Waals surface area contributed by atoms with Gasteiger partial charge in [0.15, 0.2) is 28.8 Å². The lowest BCUT2D eigenvalue weighted by atomic mass is 9.98. The number of rotatable bonds is 4. The molecular weight excluding hydrogens is 284 g/mol. The van der Waals surface area contributed by atoms with Crippen molar-refractivity contribution in [3.63, 3.8) is 0 Å². The van der Waals surface area contributed by atoms with Gasteiger partial charge in [0.2, 0.25) is 0 Å². The van der Waals surface area contributed by atoms with Crippen LogP contribution >= 0.6 is 0 Å². The Bertz CT molecular complexity index is 734. The fourth-order valence-electron chi connectivity index (χ4n) is 2.31. The van der Waals surface area contributed by atoms with Crippen LogP contribution < -0.4 is 9.47 Å². The summed E-state index contributed by atoms with van der Waals surface area (Å²) < 4.78 is 10.5. The summed E-state index contributed by atoms with van der Waals surface area (Å²) in [5.41, 5.74) is 1.61. The predicted molar refractivity (Wildman–Crippen MR) is 82.2 cm³/mol. The lowest BCUT2D eigenvalue weighted by Gasteiger charge is -2.13. The van der Waals surface area contributed by atoms with Crippen molar-refractivity contribution >= 4 is 5.78 Å². The minimum atomic E-state index is -0.419. The Kier molecular flexibility index (Phi) is 4.26. The zero-order valence-electron chi connectivity index (χ0n) is 12.9. The van der Waals surface area contributed by atoms with E-state index in [9.17, 15) is 15.0 Å². The first-order chi connectivity index (χ1) is 10.4. The SMILES string of the molecule is COc1cc(C(=O)c2ccc(C)c(O)c2O)cc(C)c1OC. The zero-order chi connectivity index (χ0) is 16.4. The molecule has 0 aromatic heterocycles. The largest absolute Gasteiger partial charge is 0.504 e. The molecule has 22 heavy (non-hydrogen) atoms. The van der Waals surface area contributed by atoms with Crippen molar-refractivity contribution < 1.29 is 24.5 Å². The maximum Gasteiger partial charge on any atom is 0.197 e. The molecule has 2 aromatic rings. The highest BCUT2D eigenvalue weighted by molar-refractivity contribution is 6.11. The van der Waals surface area contributed by atoms with Gasteiger partial charge >= 0.3 is 0 Å². The highest BCUT2D eigenvalue weighted by Gasteiger charge is 2.20. The van der Waals surface area contributed by atoms with E-state index in [1.807, 2.05) is 0 Å². The molecule has 0 aliphatic heterocycles. The highest BCUT2D eigenvalue weighted by atomic mass is 16.5. The fraction of sp³-hybridized carbons (Fsp3) is 0.235. The molecule has 0 radical (unpaired) electrons. The first-order valence-electron chi connectivity index (χ1n) is 6.69. The maximum absolute atomic E-state index is 12.6. The van der Waals surface area contributed by atoms with E-state index < -0.39 is 11.5 Å². The molecule has 0 spiro atoms. The van der Waals surface area contributed by atoms with Crippen LogP contribution in [0.3, 0.4) is 0 Å². The molecule has 2 N–H and O–H groups in total. The summed E-state index contributed by atoms with van der Waals surface area (Å²) in [4.78, 5) is 12.6. The number of carbonyl (C=O) groups is 1. The van der Waals surface area contributed by atoms with Crippen LogP contribution in [0.25, 0.3) is 0 Å². The second kappa shape index (κ2) is 5.97. The summed E-state index contributed by atoms with van der Waals surface area (Å²) in [6.45, 7) is 3.44. The smallest absolute Gasteiger partial charge is 0.197 e. The lowest BCUT2D eigenvalue weighted by molar-refractivity contribution is 0.103. The van der Waals surface area contributed by atoms with Gasteiger partial charge in [0.05, 0.1) is 19.8 Å². The lowest BCUT2D eigenvalue weighted by Crippen LogP contribution is -2.04. The summed E-state index contributed by atoms with van der Waals surface area (Å²) >= 11 is 0. The normalized spacial score (nSPS) is 10.4. The third-order valence-electron chi connectivity index (χ3n) is 3.52. The van der Waals surface area contributed by atoms with E-state index in [0.29, 0.717) is 22.6 Å². The number of benzene rings is 2. The number of phenolic OH excluding ortho intramolecular Hbond substituents is 2. The standard InChI is InChI=1S/C17H18O5/c1-9-5-6-12(16(20)14(9)18)15(19)11-7-10(2)17(22-4)13(8-11)21-3/h5-8,18,20H,1-4H3. The number of ketones is 1. The Balaban J connectivity index is 2.55. The summed E-state index contributed by atoms with van der Waals surface area (Å²) in [5, 5.41) is 19.8. The Morgan fingerprint density at radius 1 is 0.955 bits per heavy atom. The molecule has 0 saturated carbocycles. The number of phenols is 2. The van der Waals surface area contributed by atoms with Crippen molar-refractivity contribution in [3.05, 3.63) is 46.5 Å². The van der Waals surface area contributed by atoms with E-state index in [4.69, 9.17) is 9.47 Å². The average Bonchev–Trinajstić information content (AvgIpc) is 2.51. The molecule has 0 aliphatic carbocycles. The van der Waals surface area contributed by atoms with Crippen LogP contribution in [0.15, 0.2) is 24.3 Å². The summed E-state index contributed by atoms with van der Waals surface area (Å²) in [6.07, 6.45) is 0. The van der Waals surface area contributed by atoms with Gasteiger partial charge in [0, 0.05) is 5.56 Å². The first kappa shape index (κ1) is 15.7. The number of methoxy groups -OCH3 is 2. The monoisotopic (exact) mass is 302 g/mol. The van der Waals surface area contributed by atoms with Gasteiger partial charge in [-0.05, 0) is 43.2 Å². The van der Waals surface area contributed by atoms with Crippen molar-refractivity contribution in [2.75, 3.05) is 14.2 Å². The van der Waals surface area contributed by atoms with Crippen molar-refractivity contribution in [1.82, 2.24) is 0 Å². The Morgan fingerprint density at radius 3 is 2.23 bits per heavy atom. The van der Waals surface area contributed by atoms with Crippen molar-refractivity contribution in [2.24, 2.45) is 0 Å². The second-order valence-electron chi connectivity index (χ2n) is 4.99. The van der Waals surface area contributed by atoms with Crippen LogP contribution in [0, 0.1) is 13.8 Å². The Hall–Kier alpha value is -2.69. The maximum atomic E-state index is 12.6. The van der Waals surface area contributed by atoms with E-state index in [-0.39, 0.29) is 11.3 Å². The molecule has 2 aromatic carbocycles. The third kappa shape index (κ3) is 2.57. The van der Waals surface area contributed by atoms with Gasteiger partial charge in [-0.1, -0.05) is 6.07 Å². The van der Waals surface area contributed by atoms with E-state index in [1.54, 1.807) is 32.0 Å². The average molecular weight is 302 g/mol. The van der Waals surface area contributed by atoms with Gasteiger partial charge in [-0.2, -0.15) is 0 Å². The molecule has 0 aliphatic rings. The fourth-order valence-corrected chi connectivity index (χ4v) is 2.31. The number of aromatic hydroxyl groups is 2. The summed E-state index contributed by atoms with van der Waals surface area (Å²) in [6, 6.07) is 6.26. The molecule has 0 saturated heterocycles. The van der Waals surface area contributed by atoms with Gasteiger partial charge in [0.25, 0.3) is 0 Å². The van der Waals surface area contributed by atoms with Crippen LogP contribution in [0.2, 0.25) is 0 Å². The minimum Gasteiger partial charge on any atom is -0.504 e. The van der Waals surface area contributed by atoms with Crippen molar-refractivity contribution in [2.45, 2.75) is 13.8 Å². The number of hydrogen-bond acceptors (Lipinski definition) is 5. The molecule has 2 rings (SSSR count). The second-order valence-corrected chi connectivity index (χ2v) is 4.99. The van der Waals surface area contributed by atoms with Crippen LogP contribution in [-0.2, 0) is 0 Å². The zero-order valence-corrected chi connectivity index (χ0v) is 12.9. The third-order valence-corrected chi connectivity index (χ3v) is 3.52. The van der Waals surface area contributed by atoms with Gasteiger partial charge < -0.3 is 19.7 Å². The summed E-state index contributed by atoms with van der Waals surface area (Å²) in [5.74, 6) is -0.131. The van der Waals surface area contributed by atoms with Gasteiger partial charge in [-0.15, -0.1) is 0 Å². The number of aryl methyl sites for hydroxylation is 2. The van der Waals surface area contributed by atoms with Gasteiger partial charge in [-0.25, -0.2) is 0 Å². The van der Waals surface area contributed by atoms with Crippen molar-refractivity contribution in [3.8, 4) is 23.0 Å². The van der Waals surface area contributed by atoms with Crippen LogP contribution in [-0.4, -0.2) is 30.2 Å². The van der Waals surface area contributed by atoms with Crippen LogP contribution in [0.1, 0.15) is 27.0 Å². The molecule has 5 nitrogen and oxygen atoms in total. The molecular formula is C17H18O5. The van der Waals surface area contributed by atoms with Crippen LogP contribution in [0.4, 0.5) is 0 Å². The van der Waals surface area contributed by atoms with E-state index in [0.717, 1.165) is 5.56 Å². The van der Waals surface area contributed by atoms with Crippen molar-refractivity contribution in [1.29, 1.82) is 0 Å². The predicted octanol–water partition coefficient (Wildman–Crippen LogP) is 2.96. The molecule has 116 valence electrons. The number of ether oxygens (including phenoxy) is 2. The Labute approximate surface area is 128 Å². The summed E-state index contributed by atoms with van der Waals surface area (Å²) in [7, 11) is 3.01. The molecule has 0 atom stereocenters. The Morgan fingerprint density at radius 2 is 1.64 bits per heavy atom. The molecule has 0 heterocycles. The molecule has 5 heteroatoms. The van der Waals surface area contributed by atoms with E-state index in [1.165, 1.54) is 20.3 Å². The number of carbonyl (C=O) groups excluding carboxylic acids is 1. The topological polar surface area (TPSA) is 76.0 Å². The van der Waals surface area contributed by atoms with E-state index in [2.05, 4.69) is 0 Å². The minimum absolute atomic E-state index is 0.0368. The molecule has 0 amide bonds. The molecule has 0 fully saturated rings.